The Morgan fingerprint density at radius 2 is 2.06 bits per heavy atom. The second-order valence-electron chi connectivity index (χ2n) is 2.93. The quantitative estimate of drug-likeness (QED) is 0.477. The number of halogens is 1. The van der Waals surface area contributed by atoms with E-state index in [1.807, 2.05) is 5.32 Å². The molecule has 84 valence electrons. The summed E-state index contributed by atoms with van der Waals surface area (Å²) in [5.74, 6) is -2.60. The molecule has 0 spiro atoms. The number of anilines is 1. The topological polar surface area (TPSA) is 89.3 Å². The molecule has 0 saturated carbocycles. The van der Waals surface area contributed by atoms with Crippen molar-refractivity contribution in [1.29, 1.82) is 0 Å². The van der Waals surface area contributed by atoms with Gasteiger partial charge in [0, 0.05) is 19.1 Å². The van der Waals surface area contributed by atoms with Crippen molar-refractivity contribution < 1.29 is 18.9 Å². The van der Waals surface area contributed by atoms with Crippen LogP contribution in [0.25, 0.3) is 0 Å². The lowest BCUT2D eigenvalue weighted by molar-refractivity contribution is -0.384. The number of nitro benzene ring substituents is 1. The molecule has 0 aliphatic rings. The lowest BCUT2D eigenvalue weighted by atomic mass is 10.2. The Morgan fingerprint density at radius 3 is 2.56 bits per heavy atom. The standard InChI is InChI=1S/C9H7FN2O4/c1-5(13)9(14)11-7-4-6(10)2-3-8(7)12(15)16/h2-4H,1H3,(H,11,14). The number of nitro groups is 1. The van der Waals surface area contributed by atoms with E-state index in [-0.39, 0.29) is 5.69 Å². The summed E-state index contributed by atoms with van der Waals surface area (Å²) in [6.45, 7) is 1.00. The number of ketones is 1. The first kappa shape index (κ1) is 11.8. The smallest absolute Gasteiger partial charge is 0.292 e. The summed E-state index contributed by atoms with van der Waals surface area (Å²) in [6, 6.07) is 2.58. The minimum absolute atomic E-state index is 0.342. The van der Waals surface area contributed by atoms with Crippen LogP contribution < -0.4 is 5.32 Å². The number of amides is 1. The molecule has 0 bridgehead atoms. The number of carbonyl (C=O) groups is 2. The van der Waals surface area contributed by atoms with Crippen LogP contribution in [0.1, 0.15) is 6.92 Å². The summed E-state index contributed by atoms with van der Waals surface area (Å²) in [5.41, 5.74) is -0.818. The second kappa shape index (κ2) is 4.47. The summed E-state index contributed by atoms with van der Waals surface area (Å²) in [4.78, 5) is 31.4. The minimum Gasteiger partial charge on any atom is -0.314 e. The Bertz CT molecular complexity index is 473. The first-order valence-corrected chi connectivity index (χ1v) is 4.17. The van der Waals surface area contributed by atoms with Gasteiger partial charge in [-0.05, 0) is 6.07 Å². The molecule has 0 heterocycles. The molecule has 0 saturated heterocycles. The predicted molar refractivity (Wildman–Crippen MR) is 52.4 cm³/mol. The van der Waals surface area contributed by atoms with E-state index in [4.69, 9.17) is 0 Å². The van der Waals surface area contributed by atoms with Crippen molar-refractivity contribution in [2.24, 2.45) is 0 Å². The van der Waals surface area contributed by atoms with Gasteiger partial charge >= 0.3 is 0 Å². The van der Waals surface area contributed by atoms with Gasteiger partial charge in [0.25, 0.3) is 11.6 Å². The van der Waals surface area contributed by atoms with E-state index in [1.165, 1.54) is 0 Å². The van der Waals surface area contributed by atoms with E-state index < -0.39 is 28.1 Å². The molecule has 1 rings (SSSR count). The van der Waals surface area contributed by atoms with Crippen LogP contribution in [0.3, 0.4) is 0 Å². The molecule has 1 aromatic rings. The Labute approximate surface area is 89.2 Å². The van der Waals surface area contributed by atoms with Crippen molar-refractivity contribution in [1.82, 2.24) is 0 Å². The zero-order valence-corrected chi connectivity index (χ0v) is 8.19. The normalized spacial score (nSPS) is 9.62. The summed E-state index contributed by atoms with van der Waals surface area (Å²) in [5, 5.41) is 12.5. The van der Waals surface area contributed by atoms with Gasteiger partial charge in [-0.1, -0.05) is 0 Å². The zero-order chi connectivity index (χ0) is 12.3. The van der Waals surface area contributed by atoms with E-state index in [0.29, 0.717) is 0 Å². The highest BCUT2D eigenvalue weighted by molar-refractivity contribution is 6.39. The summed E-state index contributed by atoms with van der Waals surface area (Å²) < 4.78 is 12.8. The average molecular weight is 226 g/mol. The van der Waals surface area contributed by atoms with Crippen LogP contribution in [0.2, 0.25) is 0 Å². The molecular weight excluding hydrogens is 219 g/mol. The molecule has 0 fully saturated rings. The molecular formula is C9H7FN2O4. The summed E-state index contributed by atoms with van der Waals surface area (Å²) in [7, 11) is 0. The van der Waals surface area contributed by atoms with Gasteiger partial charge in [-0.15, -0.1) is 0 Å². The fraction of sp³-hybridized carbons (Fsp3) is 0.111. The van der Waals surface area contributed by atoms with Crippen molar-refractivity contribution in [3.05, 3.63) is 34.1 Å². The van der Waals surface area contributed by atoms with Crippen LogP contribution in [0.15, 0.2) is 18.2 Å². The fourth-order valence-corrected chi connectivity index (χ4v) is 0.978. The Balaban J connectivity index is 3.10. The molecule has 0 unspecified atom stereocenters. The second-order valence-corrected chi connectivity index (χ2v) is 2.93. The number of nitrogens with one attached hydrogen (secondary N) is 1. The predicted octanol–water partition coefficient (Wildman–Crippen LogP) is 1.26. The van der Waals surface area contributed by atoms with Gasteiger partial charge in [-0.3, -0.25) is 19.7 Å². The van der Waals surface area contributed by atoms with Crippen LogP contribution in [0.4, 0.5) is 15.8 Å². The molecule has 0 atom stereocenters. The highest BCUT2D eigenvalue weighted by Gasteiger charge is 2.18. The molecule has 0 radical (unpaired) electrons. The summed E-state index contributed by atoms with van der Waals surface area (Å²) in [6.07, 6.45) is 0. The van der Waals surface area contributed by atoms with Crippen LogP contribution in [0, 0.1) is 15.9 Å². The number of nitrogens with zero attached hydrogens (tertiary/aromatic N) is 1. The Morgan fingerprint density at radius 1 is 1.44 bits per heavy atom. The van der Waals surface area contributed by atoms with Crippen molar-refractivity contribution in [3.8, 4) is 0 Å². The van der Waals surface area contributed by atoms with E-state index in [1.54, 1.807) is 0 Å². The Hall–Kier alpha value is -2.31. The lowest BCUT2D eigenvalue weighted by Gasteiger charge is -2.03. The number of hydrogen-bond donors (Lipinski definition) is 1. The zero-order valence-electron chi connectivity index (χ0n) is 8.19. The number of Topliss-reactive ketones (excluding diaryl/α,β-unsaturated/α-hetero) is 1. The highest BCUT2D eigenvalue weighted by atomic mass is 19.1. The van der Waals surface area contributed by atoms with Gasteiger partial charge in [-0.25, -0.2) is 4.39 Å². The fourth-order valence-electron chi connectivity index (χ4n) is 0.978. The van der Waals surface area contributed by atoms with Gasteiger partial charge in [0.05, 0.1) is 4.92 Å². The largest absolute Gasteiger partial charge is 0.314 e. The van der Waals surface area contributed by atoms with E-state index in [2.05, 4.69) is 0 Å². The van der Waals surface area contributed by atoms with Gasteiger partial charge in [-0.2, -0.15) is 0 Å². The monoisotopic (exact) mass is 226 g/mol. The van der Waals surface area contributed by atoms with Gasteiger partial charge < -0.3 is 5.32 Å². The highest BCUT2D eigenvalue weighted by Crippen LogP contribution is 2.24. The molecule has 0 aliphatic carbocycles. The third-order valence-corrected chi connectivity index (χ3v) is 1.72. The van der Waals surface area contributed by atoms with E-state index >= 15 is 0 Å². The molecule has 16 heavy (non-hydrogen) atoms. The maximum atomic E-state index is 12.8. The molecule has 6 nitrogen and oxygen atoms in total. The SMILES string of the molecule is CC(=O)C(=O)Nc1cc(F)ccc1[N+](=O)[O-]. The Kier molecular flexibility index (Phi) is 3.29. The molecule has 1 N–H and O–H groups in total. The van der Waals surface area contributed by atoms with Crippen LogP contribution >= 0.6 is 0 Å². The summed E-state index contributed by atoms with van der Waals surface area (Å²) >= 11 is 0. The maximum absolute atomic E-state index is 12.8. The molecule has 0 aliphatic heterocycles. The molecule has 0 aromatic heterocycles. The lowest BCUT2D eigenvalue weighted by Crippen LogP contribution is -2.20. The van der Waals surface area contributed by atoms with E-state index in [9.17, 15) is 24.1 Å². The number of rotatable bonds is 3. The van der Waals surface area contributed by atoms with Crippen LogP contribution in [0.5, 0.6) is 0 Å². The van der Waals surface area contributed by atoms with Crippen LogP contribution in [-0.2, 0) is 9.59 Å². The first-order valence-electron chi connectivity index (χ1n) is 4.17. The third kappa shape index (κ3) is 2.59. The van der Waals surface area contributed by atoms with E-state index in [0.717, 1.165) is 25.1 Å². The van der Waals surface area contributed by atoms with Gasteiger partial charge in [0.2, 0.25) is 5.78 Å². The third-order valence-electron chi connectivity index (χ3n) is 1.72. The van der Waals surface area contributed by atoms with Crippen molar-refractivity contribution in [3.63, 3.8) is 0 Å². The van der Waals surface area contributed by atoms with Gasteiger partial charge in [0.1, 0.15) is 11.5 Å². The van der Waals surface area contributed by atoms with Crippen molar-refractivity contribution in [2.75, 3.05) is 5.32 Å². The minimum atomic E-state index is -1.03. The number of hydrogen-bond acceptors (Lipinski definition) is 4. The first-order chi connectivity index (χ1) is 7.41. The van der Waals surface area contributed by atoms with Crippen molar-refractivity contribution in [2.45, 2.75) is 6.92 Å². The number of carbonyl (C=O) groups excluding carboxylic acids is 2. The molecule has 1 amide bonds. The molecule has 1 aromatic carbocycles. The number of benzene rings is 1. The maximum Gasteiger partial charge on any atom is 0.292 e. The van der Waals surface area contributed by atoms with Crippen LogP contribution in [-0.4, -0.2) is 16.6 Å². The average Bonchev–Trinajstić information content (AvgIpc) is 2.16. The van der Waals surface area contributed by atoms with Crippen molar-refractivity contribution >= 4 is 23.1 Å². The van der Waals surface area contributed by atoms with Gasteiger partial charge in [0.15, 0.2) is 0 Å². The molecule has 7 heteroatoms.